The van der Waals surface area contributed by atoms with Gasteiger partial charge in [-0.25, -0.2) is 0 Å². The zero-order valence-electron chi connectivity index (χ0n) is 15.5. The second-order valence-corrected chi connectivity index (χ2v) is 6.51. The van der Waals surface area contributed by atoms with Crippen LogP contribution in [0.25, 0.3) is 0 Å². The molecule has 26 heavy (non-hydrogen) atoms. The molecular weight excluding hydrogens is 330 g/mol. The molecule has 2 aromatic carbocycles. The summed E-state index contributed by atoms with van der Waals surface area (Å²) in [6.07, 6.45) is 1.02. The van der Waals surface area contributed by atoms with Crippen LogP contribution in [-0.4, -0.2) is 36.6 Å². The van der Waals surface area contributed by atoms with Gasteiger partial charge >= 0.3 is 0 Å². The number of nitrogens with two attached hydrogens (primary N) is 1. The van der Waals surface area contributed by atoms with Gasteiger partial charge in [0.25, 0.3) is 0 Å². The number of aryl methyl sites for hydroxylation is 1. The van der Waals surface area contributed by atoms with Gasteiger partial charge < -0.3 is 25.4 Å². The average molecular weight is 359 g/mol. The SMILES string of the molecule is COc1ccc(C(O)C(N)C(C)CCc2ccccc2)cc1OCCO. The van der Waals surface area contributed by atoms with E-state index in [1.165, 1.54) is 5.56 Å². The number of aliphatic hydroxyl groups excluding tert-OH is 2. The lowest BCUT2D eigenvalue weighted by molar-refractivity contribution is 0.118. The fourth-order valence-corrected chi connectivity index (χ4v) is 2.91. The molecule has 5 heteroatoms. The number of ether oxygens (including phenoxy) is 2. The molecule has 0 aliphatic heterocycles. The summed E-state index contributed by atoms with van der Waals surface area (Å²) >= 11 is 0. The Morgan fingerprint density at radius 1 is 1.08 bits per heavy atom. The van der Waals surface area contributed by atoms with E-state index >= 15 is 0 Å². The third kappa shape index (κ3) is 5.46. The molecule has 0 heterocycles. The Balaban J connectivity index is 2.02. The van der Waals surface area contributed by atoms with Gasteiger partial charge in [-0.3, -0.25) is 0 Å². The molecule has 0 bridgehead atoms. The Hall–Kier alpha value is -2.08. The van der Waals surface area contributed by atoms with Crippen LogP contribution < -0.4 is 15.2 Å². The van der Waals surface area contributed by atoms with Crippen LogP contribution in [0, 0.1) is 5.92 Å². The first-order valence-corrected chi connectivity index (χ1v) is 8.96. The summed E-state index contributed by atoms with van der Waals surface area (Å²) in [4.78, 5) is 0. The lowest BCUT2D eigenvalue weighted by Gasteiger charge is -2.26. The van der Waals surface area contributed by atoms with Crippen molar-refractivity contribution in [1.29, 1.82) is 0 Å². The Labute approximate surface area is 155 Å². The molecule has 0 saturated carbocycles. The summed E-state index contributed by atoms with van der Waals surface area (Å²) in [5.41, 5.74) is 8.26. The quantitative estimate of drug-likeness (QED) is 0.607. The predicted octanol–water partition coefficient (Wildman–Crippen LogP) is 2.70. The van der Waals surface area contributed by atoms with Crippen LogP contribution in [0.1, 0.15) is 30.6 Å². The maximum Gasteiger partial charge on any atom is 0.161 e. The molecule has 3 unspecified atom stereocenters. The lowest BCUT2D eigenvalue weighted by Crippen LogP contribution is -2.35. The molecule has 0 aromatic heterocycles. The second kappa shape index (κ2) is 10.2. The van der Waals surface area contributed by atoms with Crippen LogP contribution in [0.5, 0.6) is 11.5 Å². The lowest BCUT2D eigenvalue weighted by atomic mass is 9.88. The van der Waals surface area contributed by atoms with Crippen molar-refractivity contribution in [2.75, 3.05) is 20.3 Å². The largest absolute Gasteiger partial charge is 0.493 e. The summed E-state index contributed by atoms with van der Waals surface area (Å²) in [7, 11) is 1.55. The zero-order chi connectivity index (χ0) is 18.9. The summed E-state index contributed by atoms with van der Waals surface area (Å²) in [5, 5.41) is 19.6. The van der Waals surface area contributed by atoms with Crippen molar-refractivity contribution in [3.05, 3.63) is 59.7 Å². The summed E-state index contributed by atoms with van der Waals surface area (Å²) in [6, 6.07) is 15.1. The number of hydrogen-bond acceptors (Lipinski definition) is 5. The van der Waals surface area contributed by atoms with Crippen molar-refractivity contribution in [1.82, 2.24) is 0 Å². The van der Waals surface area contributed by atoms with Crippen molar-refractivity contribution < 1.29 is 19.7 Å². The highest BCUT2D eigenvalue weighted by molar-refractivity contribution is 5.43. The number of benzene rings is 2. The zero-order valence-corrected chi connectivity index (χ0v) is 15.5. The van der Waals surface area contributed by atoms with E-state index in [2.05, 4.69) is 19.1 Å². The first-order valence-electron chi connectivity index (χ1n) is 8.96. The molecule has 0 spiro atoms. The number of rotatable bonds is 10. The van der Waals surface area contributed by atoms with E-state index in [-0.39, 0.29) is 19.1 Å². The third-order valence-electron chi connectivity index (χ3n) is 4.63. The van der Waals surface area contributed by atoms with Crippen molar-refractivity contribution in [3.63, 3.8) is 0 Å². The van der Waals surface area contributed by atoms with E-state index in [0.29, 0.717) is 17.1 Å². The van der Waals surface area contributed by atoms with E-state index in [0.717, 1.165) is 12.8 Å². The van der Waals surface area contributed by atoms with Gasteiger partial charge in [-0.2, -0.15) is 0 Å². The normalized spacial score (nSPS) is 14.5. The Morgan fingerprint density at radius 3 is 2.46 bits per heavy atom. The molecule has 0 amide bonds. The fraction of sp³-hybridized carbons (Fsp3) is 0.429. The summed E-state index contributed by atoms with van der Waals surface area (Å²) < 4.78 is 10.7. The van der Waals surface area contributed by atoms with Gasteiger partial charge in [0.2, 0.25) is 0 Å². The van der Waals surface area contributed by atoms with Crippen LogP contribution in [0.15, 0.2) is 48.5 Å². The molecule has 3 atom stereocenters. The Bertz CT molecular complexity index is 662. The molecule has 0 aliphatic carbocycles. The standard InChI is InChI=1S/C21H29NO4/c1-15(8-9-16-6-4-3-5-7-16)20(22)21(24)17-10-11-18(25-2)19(14-17)26-13-12-23/h3-7,10-11,14-15,20-21,23-24H,8-9,12-13,22H2,1-2H3. The molecule has 0 fully saturated rings. The summed E-state index contributed by atoms with van der Waals surface area (Å²) in [5.74, 6) is 1.19. The minimum Gasteiger partial charge on any atom is -0.493 e. The van der Waals surface area contributed by atoms with E-state index in [1.807, 2.05) is 18.2 Å². The smallest absolute Gasteiger partial charge is 0.161 e. The molecule has 5 nitrogen and oxygen atoms in total. The molecule has 4 N–H and O–H groups in total. The molecule has 2 rings (SSSR count). The van der Waals surface area contributed by atoms with Crippen LogP contribution in [0.3, 0.4) is 0 Å². The van der Waals surface area contributed by atoms with E-state index in [4.69, 9.17) is 20.3 Å². The monoisotopic (exact) mass is 359 g/mol. The molecular formula is C21H29NO4. The van der Waals surface area contributed by atoms with Crippen molar-refractivity contribution in [2.45, 2.75) is 31.9 Å². The van der Waals surface area contributed by atoms with Crippen molar-refractivity contribution in [3.8, 4) is 11.5 Å². The topological polar surface area (TPSA) is 84.9 Å². The summed E-state index contributed by atoms with van der Waals surface area (Å²) in [6.45, 7) is 2.13. The highest BCUT2D eigenvalue weighted by Crippen LogP contribution is 2.32. The Kier molecular flexibility index (Phi) is 7.91. The first kappa shape index (κ1) is 20.2. The molecule has 0 aliphatic rings. The van der Waals surface area contributed by atoms with E-state index < -0.39 is 12.1 Å². The van der Waals surface area contributed by atoms with E-state index in [1.54, 1.807) is 25.3 Å². The van der Waals surface area contributed by atoms with Gasteiger partial charge in [0.05, 0.1) is 19.8 Å². The van der Waals surface area contributed by atoms with E-state index in [9.17, 15) is 5.11 Å². The van der Waals surface area contributed by atoms with Gasteiger partial charge in [-0.1, -0.05) is 43.3 Å². The molecule has 0 saturated heterocycles. The average Bonchev–Trinajstić information content (AvgIpc) is 2.69. The fourth-order valence-electron chi connectivity index (χ4n) is 2.91. The van der Waals surface area contributed by atoms with Gasteiger partial charge in [-0.15, -0.1) is 0 Å². The Morgan fingerprint density at radius 2 is 1.81 bits per heavy atom. The number of hydrogen-bond donors (Lipinski definition) is 3. The molecule has 142 valence electrons. The predicted molar refractivity (Wildman–Crippen MR) is 102 cm³/mol. The van der Waals surface area contributed by atoms with Crippen LogP contribution in [0.4, 0.5) is 0 Å². The number of methoxy groups -OCH3 is 1. The van der Waals surface area contributed by atoms with Crippen LogP contribution in [0.2, 0.25) is 0 Å². The van der Waals surface area contributed by atoms with Gasteiger partial charge in [-0.05, 0) is 42.0 Å². The minimum absolute atomic E-state index is 0.0913. The first-order chi connectivity index (χ1) is 12.6. The molecule has 2 aromatic rings. The maximum atomic E-state index is 10.7. The highest BCUT2D eigenvalue weighted by Gasteiger charge is 2.24. The highest BCUT2D eigenvalue weighted by atomic mass is 16.5. The van der Waals surface area contributed by atoms with Crippen LogP contribution >= 0.6 is 0 Å². The second-order valence-electron chi connectivity index (χ2n) is 6.51. The van der Waals surface area contributed by atoms with Crippen molar-refractivity contribution in [2.24, 2.45) is 11.7 Å². The number of aliphatic hydroxyl groups is 2. The minimum atomic E-state index is -0.803. The molecule has 0 radical (unpaired) electrons. The third-order valence-corrected chi connectivity index (χ3v) is 4.63. The van der Waals surface area contributed by atoms with Gasteiger partial charge in [0.15, 0.2) is 11.5 Å². The van der Waals surface area contributed by atoms with Crippen molar-refractivity contribution >= 4 is 0 Å². The van der Waals surface area contributed by atoms with Gasteiger partial charge in [0.1, 0.15) is 6.61 Å². The van der Waals surface area contributed by atoms with Crippen LogP contribution in [-0.2, 0) is 6.42 Å². The maximum absolute atomic E-state index is 10.7. The van der Waals surface area contributed by atoms with Gasteiger partial charge in [0, 0.05) is 6.04 Å².